The number of benzene rings is 2. The van der Waals surface area contributed by atoms with Crippen molar-refractivity contribution in [3.8, 4) is 11.1 Å². The molecular weight excluding hydrogens is 246 g/mol. The summed E-state index contributed by atoms with van der Waals surface area (Å²) in [4.78, 5) is 17.0. The minimum absolute atomic E-state index is 0.160. The Balaban J connectivity index is 1.85. The average Bonchev–Trinajstić information content (AvgIpc) is 3.08. The van der Waals surface area contributed by atoms with Crippen LogP contribution in [0.4, 0.5) is 0 Å². The van der Waals surface area contributed by atoms with Gasteiger partial charge in [0.05, 0.1) is 6.04 Å². The van der Waals surface area contributed by atoms with Gasteiger partial charge in [0.1, 0.15) is 0 Å². The van der Waals surface area contributed by atoms with E-state index >= 15 is 0 Å². The molecule has 2 aromatic carbocycles. The number of aliphatic imine (C=N–C) groups is 1. The summed E-state index contributed by atoms with van der Waals surface area (Å²) in [6.07, 6.45) is 5.16. The second-order valence-electron chi connectivity index (χ2n) is 5.48. The molecule has 0 saturated carbocycles. The summed E-state index contributed by atoms with van der Waals surface area (Å²) >= 11 is 0. The number of fused-ring (bicyclic) bond motifs is 3. The number of hydrogen-bond donors (Lipinski definition) is 0. The van der Waals surface area contributed by atoms with Crippen molar-refractivity contribution >= 4 is 12.0 Å². The Labute approximate surface area is 118 Å². The highest BCUT2D eigenvalue weighted by atomic mass is 16.1. The molecule has 1 aliphatic carbocycles. The van der Waals surface area contributed by atoms with E-state index in [1.807, 2.05) is 36.5 Å². The zero-order valence-corrected chi connectivity index (χ0v) is 11.2. The molecule has 0 N–H and O–H groups in total. The lowest BCUT2D eigenvalue weighted by Crippen LogP contribution is -2.06. The predicted molar refractivity (Wildman–Crippen MR) is 80.5 cm³/mol. The standard InChI is InChI=1S/C18H15NO/c20-18-15-8-2-1-7-14(15)17-12(5-3-9-16(17)18)11-13-6-4-10-19-13/h1-3,5,7-10,13H,4,6,11H2. The molecule has 4 rings (SSSR count). The van der Waals surface area contributed by atoms with Gasteiger partial charge in [-0.05, 0) is 42.2 Å². The molecule has 98 valence electrons. The lowest BCUT2D eigenvalue weighted by Gasteiger charge is -2.12. The third kappa shape index (κ3) is 1.64. The van der Waals surface area contributed by atoms with Gasteiger partial charge in [0.15, 0.2) is 5.78 Å². The van der Waals surface area contributed by atoms with Gasteiger partial charge in [-0.15, -0.1) is 0 Å². The van der Waals surface area contributed by atoms with Crippen LogP contribution in [0.2, 0.25) is 0 Å². The van der Waals surface area contributed by atoms with Crippen molar-refractivity contribution in [2.45, 2.75) is 25.3 Å². The number of carbonyl (C=O) groups is 1. The Hall–Kier alpha value is -2.22. The van der Waals surface area contributed by atoms with E-state index in [-0.39, 0.29) is 5.78 Å². The molecule has 2 aromatic rings. The zero-order valence-electron chi connectivity index (χ0n) is 11.2. The summed E-state index contributed by atoms with van der Waals surface area (Å²) < 4.78 is 0. The van der Waals surface area contributed by atoms with Crippen LogP contribution in [-0.4, -0.2) is 18.0 Å². The number of rotatable bonds is 2. The van der Waals surface area contributed by atoms with Crippen LogP contribution in [0.5, 0.6) is 0 Å². The molecule has 1 atom stereocenters. The van der Waals surface area contributed by atoms with Crippen molar-refractivity contribution in [3.05, 3.63) is 59.2 Å². The summed E-state index contributed by atoms with van der Waals surface area (Å²) in [5.74, 6) is 0.160. The van der Waals surface area contributed by atoms with E-state index < -0.39 is 0 Å². The Morgan fingerprint density at radius 2 is 1.80 bits per heavy atom. The maximum Gasteiger partial charge on any atom is 0.194 e. The first-order chi connectivity index (χ1) is 9.84. The molecule has 0 saturated heterocycles. The third-order valence-electron chi connectivity index (χ3n) is 4.24. The first-order valence-corrected chi connectivity index (χ1v) is 7.12. The zero-order chi connectivity index (χ0) is 13.5. The van der Waals surface area contributed by atoms with E-state index in [1.165, 1.54) is 5.56 Å². The van der Waals surface area contributed by atoms with Gasteiger partial charge in [-0.25, -0.2) is 0 Å². The molecule has 0 radical (unpaired) electrons. The highest BCUT2D eigenvalue weighted by Gasteiger charge is 2.28. The summed E-state index contributed by atoms with van der Waals surface area (Å²) in [6.45, 7) is 0. The number of hydrogen-bond acceptors (Lipinski definition) is 2. The Morgan fingerprint density at radius 3 is 2.60 bits per heavy atom. The molecule has 1 aliphatic heterocycles. The van der Waals surface area contributed by atoms with Gasteiger partial charge >= 0.3 is 0 Å². The molecule has 2 heteroatoms. The maximum atomic E-state index is 12.4. The van der Waals surface area contributed by atoms with Crippen molar-refractivity contribution in [1.29, 1.82) is 0 Å². The molecule has 2 aliphatic rings. The van der Waals surface area contributed by atoms with Crippen LogP contribution in [0, 0.1) is 0 Å². The molecule has 2 nitrogen and oxygen atoms in total. The molecule has 0 fully saturated rings. The third-order valence-corrected chi connectivity index (χ3v) is 4.24. The summed E-state index contributed by atoms with van der Waals surface area (Å²) in [5, 5.41) is 0. The van der Waals surface area contributed by atoms with Gasteiger partial charge in [0.2, 0.25) is 0 Å². The summed E-state index contributed by atoms with van der Waals surface area (Å²) in [6, 6.07) is 14.4. The topological polar surface area (TPSA) is 29.4 Å². The van der Waals surface area contributed by atoms with Crippen LogP contribution in [0.3, 0.4) is 0 Å². The fourth-order valence-corrected chi connectivity index (χ4v) is 3.30. The highest BCUT2D eigenvalue weighted by molar-refractivity contribution is 6.22. The first kappa shape index (κ1) is 11.6. The lowest BCUT2D eigenvalue weighted by molar-refractivity contribution is 0.104. The van der Waals surface area contributed by atoms with E-state index in [4.69, 9.17) is 0 Å². The Kier molecular flexibility index (Phi) is 2.56. The molecule has 0 spiro atoms. The van der Waals surface area contributed by atoms with Crippen LogP contribution in [0.15, 0.2) is 47.5 Å². The SMILES string of the molecule is O=C1c2ccccc2-c2c(CC3CCC=N3)cccc21. The normalized spacial score (nSPS) is 19.2. The average molecular weight is 261 g/mol. The Bertz CT molecular complexity index is 730. The van der Waals surface area contributed by atoms with E-state index in [1.54, 1.807) is 0 Å². The van der Waals surface area contributed by atoms with Crippen molar-refractivity contribution in [1.82, 2.24) is 0 Å². The summed E-state index contributed by atoms with van der Waals surface area (Å²) in [5.41, 5.74) is 5.17. The van der Waals surface area contributed by atoms with Gasteiger partial charge in [0.25, 0.3) is 0 Å². The lowest BCUT2D eigenvalue weighted by atomic mass is 9.94. The highest BCUT2D eigenvalue weighted by Crippen LogP contribution is 2.39. The van der Waals surface area contributed by atoms with Crippen LogP contribution in [0.25, 0.3) is 11.1 Å². The fraction of sp³-hybridized carbons (Fsp3) is 0.222. The number of ketones is 1. The molecule has 0 amide bonds. The van der Waals surface area contributed by atoms with Gasteiger partial charge in [-0.3, -0.25) is 9.79 Å². The second-order valence-corrected chi connectivity index (χ2v) is 5.48. The van der Waals surface area contributed by atoms with Crippen LogP contribution >= 0.6 is 0 Å². The van der Waals surface area contributed by atoms with E-state index in [0.717, 1.165) is 41.5 Å². The Morgan fingerprint density at radius 1 is 1.00 bits per heavy atom. The number of carbonyl (C=O) groups excluding carboxylic acids is 1. The maximum absolute atomic E-state index is 12.4. The van der Waals surface area contributed by atoms with Gasteiger partial charge < -0.3 is 0 Å². The van der Waals surface area contributed by atoms with Crippen molar-refractivity contribution < 1.29 is 4.79 Å². The molecule has 1 heterocycles. The van der Waals surface area contributed by atoms with Crippen molar-refractivity contribution in [3.63, 3.8) is 0 Å². The smallest absolute Gasteiger partial charge is 0.194 e. The second kappa shape index (κ2) is 4.41. The minimum atomic E-state index is 0.160. The van der Waals surface area contributed by atoms with Crippen LogP contribution in [-0.2, 0) is 6.42 Å². The monoisotopic (exact) mass is 261 g/mol. The predicted octanol–water partition coefficient (Wildman–Crippen LogP) is 3.67. The molecule has 0 bridgehead atoms. The quantitative estimate of drug-likeness (QED) is 0.692. The van der Waals surface area contributed by atoms with Crippen LogP contribution in [0.1, 0.15) is 34.3 Å². The summed E-state index contributed by atoms with van der Waals surface area (Å²) in [7, 11) is 0. The molecule has 0 aromatic heterocycles. The van der Waals surface area contributed by atoms with E-state index in [9.17, 15) is 4.79 Å². The minimum Gasteiger partial charge on any atom is -0.294 e. The molecule has 20 heavy (non-hydrogen) atoms. The first-order valence-electron chi connectivity index (χ1n) is 7.12. The molecular formula is C18H15NO. The largest absolute Gasteiger partial charge is 0.294 e. The van der Waals surface area contributed by atoms with E-state index in [0.29, 0.717) is 6.04 Å². The van der Waals surface area contributed by atoms with Gasteiger partial charge in [-0.2, -0.15) is 0 Å². The fourth-order valence-electron chi connectivity index (χ4n) is 3.30. The van der Waals surface area contributed by atoms with Crippen LogP contribution < -0.4 is 0 Å². The van der Waals surface area contributed by atoms with Gasteiger partial charge in [0, 0.05) is 11.1 Å². The molecule has 1 unspecified atom stereocenters. The van der Waals surface area contributed by atoms with Gasteiger partial charge in [-0.1, -0.05) is 42.5 Å². The van der Waals surface area contributed by atoms with Crippen molar-refractivity contribution in [2.75, 3.05) is 0 Å². The number of nitrogens with zero attached hydrogens (tertiary/aromatic N) is 1. The van der Waals surface area contributed by atoms with E-state index in [2.05, 4.69) is 17.1 Å². The van der Waals surface area contributed by atoms with Crippen molar-refractivity contribution in [2.24, 2.45) is 4.99 Å².